The standard InChI is InChI=1S/C17H15ClN4O2S3/c18-11-3-1-4-12(9-11)20-15(24)16-21-22-17(27-16)26-10-14(23)19-7-6-13-5-2-8-25-13/h1-5,8-9H,6-7,10H2,(H,19,23)(H,20,24). The zero-order valence-corrected chi connectivity index (χ0v) is 17.2. The van der Waals surface area contributed by atoms with Crippen molar-refractivity contribution in [3.63, 3.8) is 0 Å². The first-order chi connectivity index (χ1) is 13.1. The largest absolute Gasteiger partial charge is 0.355 e. The summed E-state index contributed by atoms with van der Waals surface area (Å²) in [4.78, 5) is 25.3. The Morgan fingerprint density at radius 3 is 2.85 bits per heavy atom. The molecule has 0 aliphatic rings. The Kier molecular flexibility index (Phi) is 7.22. The van der Waals surface area contributed by atoms with Gasteiger partial charge in [0.05, 0.1) is 5.75 Å². The first kappa shape index (κ1) is 19.8. The highest BCUT2D eigenvalue weighted by atomic mass is 35.5. The summed E-state index contributed by atoms with van der Waals surface area (Å²) < 4.78 is 0.569. The van der Waals surface area contributed by atoms with Gasteiger partial charge in [0.25, 0.3) is 5.91 Å². The van der Waals surface area contributed by atoms with Gasteiger partial charge >= 0.3 is 0 Å². The molecule has 2 aromatic heterocycles. The van der Waals surface area contributed by atoms with Crippen LogP contribution in [0.2, 0.25) is 5.02 Å². The molecule has 6 nitrogen and oxygen atoms in total. The summed E-state index contributed by atoms with van der Waals surface area (Å²) in [6, 6.07) is 10.9. The van der Waals surface area contributed by atoms with E-state index in [1.807, 2.05) is 17.5 Å². The van der Waals surface area contributed by atoms with E-state index in [1.165, 1.54) is 16.6 Å². The fraction of sp³-hybridized carbons (Fsp3) is 0.176. The lowest BCUT2D eigenvalue weighted by atomic mass is 10.3. The number of aromatic nitrogens is 2. The molecule has 27 heavy (non-hydrogen) atoms. The third-order valence-corrected chi connectivity index (χ3v) is 6.51. The predicted molar refractivity (Wildman–Crippen MR) is 111 cm³/mol. The van der Waals surface area contributed by atoms with Crippen LogP contribution in [0.5, 0.6) is 0 Å². The minimum absolute atomic E-state index is 0.0725. The highest BCUT2D eigenvalue weighted by Crippen LogP contribution is 2.23. The van der Waals surface area contributed by atoms with Gasteiger partial charge in [-0.15, -0.1) is 21.5 Å². The Bertz CT molecular complexity index is 915. The molecule has 0 unspecified atom stereocenters. The van der Waals surface area contributed by atoms with Crippen molar-refractivity contribution in [3.8, 4) is 0 Å². The number of hydrogen-bond acceptors (Lipinski definition) is 7. The van der Waals surface area contributed by atoms with E-state index in [9.17, 15) is 9.59 Å². The van der Waals surface area contributed by atoms with E-state index >= 15 is 0 Å². The van der Waals surface area contributed by atoms with Crippen LogP contribution in [0.4, 0.5) is 5.69 Å². The average Bonchev–Trinajstić information content (AvgIpc) is 3.32. The molecule has 0 spiro atoms. The van der Waals surface area contributed by atoms with Crippen molar-refractivity contribution in [2.75, 3.05) is 17.6 Å². The number of thioether (sulfide) groups is 1. The molecule has 2 N–H and O–H groups in total. The maximum atomic E-state index is 12.2. The number of rotatable bonds is 8. The highest BCUT2D eigenvalue weighted by Gasteiger charge is 2.14. The maximum Gasteiger partial charge on any atom is 0.286 e. The summed E-state index contributed by atoms with van der Waals surface area (Å²) >= 11 is 9.97. The van der Waals surface area contributed by atoms with Gasteiger partial charge in [0.15, 0.2) is 4.34 Å². The molecular weight excluding hydrogens is 424 g/mol. The first-order valence-corrected chi connectivity index (χ1v) is 11.0. The van der Waals surface area contributed by atoms with Gasteiger partial charge in [0.2, 0.25) is 10.9 Å². The number of halogens is 1. The van der Waals surface area contributed by atoms with E-state index in [0.717, 1.165) is 17.8 Å². The molecule has 0 aliphatic carbocycles. The Hall–Kier alpha value is -1.94. The second-order valence-corrected chi connectivity index (χ2v) is 8.97. The van der Waals surface area contributed by atoms with E-state index in [4.69, 9.17) is 11.6 Å². The van der Waals surface area contributed by atoms with Crippen molar-refractivity contribution in [2.45, 2.75) is 10.8 Å². The Labute approximate surface area is 173 Å². The van der Waals surface area contributed by atoms with Crippen LogP contribution in [-0.4, -0.2) is 34.3 Å². The molecule has 3 aromatic rings. The summed E-state index contributed by atoms with van der Waals surface area (Å²) in [6.45, 7) is 0.601. The molecule has 3 rings (SSSR count). The number of hydrogen-bond donors (Lipinski definition) is 2. The van der Waals surface area contributed by atoms with Crippen LogP contribution in [0.25, 0.3) is 0 Å². The lowest BCUT2D eigenvalue weighted by molar-refractivity contribution is -0.118. The van der Waals surface area contributed by atoms with E-state index in [0.29, 0.717) is 21.6 Å². The monoisotopic (exact) mass is 438 g/mol. The van der Waals surface area contributed by atoms with Gasteiger partial charge in [0, 0.05) is 22.1 Å². The third-order valence-electron chi connectivity index (χ3n) is 3.28. The maximum absolute atomic E-state index is 12.2. The zero-order valence-electron chi connectivity index (χ0n) is 14.0. The molecule has 0 atom stereocenters. The smallest absolute Gasteiger partial charge is 0.286 e. The quantitative estimate of drug-likeness (QED) is 0.520. The van der Waals surface area contributed by atoms with Gasteiger partial charge in [-0.3, -0.25) is 9.59 Å². The van der Waals surface area contributed by atoms with Gasteiger partial charge < -0.3 is 10.6 Å². The number of carbonyl (C=O) groups excluding carboxylic acids is 2. The SMILES string of the molecule is O=C(CSc1nnc(C(=O)Nc2cccc(Cl)c2)s1)NCCc1cccs1. The molecule has 2 heterocycles. The van der Waals surface area contributed by atoms with Crippen molar-refractivity contribution >= 4 is 63.5 Å². The number of amides is 2. The number of nitrogens with one attached hydrogen (secondary N) is 2. The molecular formula is C17H15ClN4O2S3. The number of benzene rings is 1. The minimum atomic E-state index is -0.359. The minimum Gasteiger partial charge on any atom is -0.355 e. The molecule has 0 fully saturated rings. The van der Waals surface area contributed by atoms with Crippen LogP contribution < -0.4 is 10.6 Å². The molecule has 10 heteroatoms. The fourth-order valence-corrected chi connectivity index (χ4v) is 4.55. The molecule has 0 saturated carbocycles. The van der Waals surface area contributed by atoms with Crippen molar-refractivity contribution in [1.29, 1.82) is 0 Å². The number of carbonyl (C=O) groups is 2. The first-order valence-electron chi connectivity index (χ1n) is 7.92. The predicted octanol–water partition coefficient (Wildman–Crippen LogP) is 3.96. The van der Waals surface area contributed by atoms with Crippen molar-refractivity contribution in [3.05, 3.63) is 56.7 Å². The summed E-state index contributed by atoms with van der Waals surface area (Å²) in [5.41, 5.74) is 0.585. The third kappa shape index (κ3) is 6.31. The van der Waals surface area contributed by atoms with Crippen LogP contribution >= 0.6 is 46.0 Å². The summed E-state index contributed by atoms with van der Waals surface area (Å²) in [5.74, 6) is -0.201. The molecule has 140 valence electrons. The van der Waals surface area contributed by atoms with Gasteiger partial charge in [-0.25, -0.2) is 0 Å². The van der Waals surface area contributed by atoms with E-state index in [2.05, 4.69) is 20.8 Å². The molecule has 2 amide bonds. The molecule has 0 radical (unpaired) electrons. The number of thiophene rings is 1. The summed E-state index contributed by atoms with van der Waals surface area (Å²) in [6.07, 6.45) is 0.820. The zero-order chi connectivity index (χ0) is 19.1. The lowest BCUT2D eigenvalue weighted by Crippen LogP contribution is -2.27. The van der Waals surface area contributed by atoms with Gasteiger partial charge in [-0.1, -0.05) is 46.8 Å². The van der Waals surface area contributed by atoms with Crippen molar-refractivity contribution < 1.29 is 9.59 Å². The van der Waals surface area contributed by atoms with E-state index in [1.54, 1.807) is 35.6 Å². The number of anilines is 1. The van der Waals surface area contributed by atoms with E-state index < -0.39 is 0 Å². The topological polar surface area (TPSA) is 84.0 Å². The fourth-order valence-electron chi connectivity index (χ4n) is 2.07. The Morgan fingerprint density at radius 1 is 1.19 bits per heavy atom. The van der Waals surface area contributed by atoms with E-state index in [-0.39, 0.29) is 22.6 Å². The molecule has 0 bridgehead atoms. The van der Waals surface area contributed by atoms with Crippen LogP contribution in [-0.2, 0) is 11.2 Å². The second kappa shape index (κ2) is 9.84. The van der Waals surface area contributed by atoms with Gasteiger partial charge in [0.1, 0.15) is 0 Å². The van der Waals surface area contributed by atoms with Crippen LogP contribution in [0.15, 0.2) is 46.1 Å². The van der Waals surface area contributed by atoms with Gasteiger partial charge in [-0.2, -0.15) is 0 Å². The average molecular weight is 439 g/mol. The number of nitrogens with zero attached hydrogens (tertiary/aromatic N) is 2. The second-order valence-electron chi connectivity index (χ2n) is 5.31. The van der Waals surface area contributed by atoms with Gasteiger partial charge in [-0.05, 0) is 36.1 Å². The lowest BCUT2D eigenvalue weighted by Gasteiger charge is -2.03. The highest BCUT2D eigenvalue weighted by molar-refractivity contribution is 8.01. The molecule has 0 saturated heterocycles. The Morgan fingerprint density at radius 2 is 2.07 bits per heavy atom. The van der Waals surface area contributed by atoms with Crippen molar-refractivity contribution in [2.24, 2.45) is 0 Å². The Balaban J connectivity index is 1.43. The summed E-state index contributed by atoms with van der Waals surface area (Å²) in [5, 5.41) is 16.2. The molecule has 1 aromatic carbocycles. The normalized spacial score (nSPS) is 10.6. The van der Waals surface area contributed by atoms with Crippen LogP contribution in [0, 0.1) is 0 Å². The van der Waals surface area contributed by atoms with Crippen LogP contribution in [0.3, 0.4) is 0 Å². The summed E-state index contributed by atoms with van der Waals surface area (Å²) in [7, 11) is 0. The molecule has 0 aliphatic heterocycles. The van der Waals surface area contributed by atoms with Crippen molar-refractivity contribution in [1.82, 2.24) is 15.5 Å². The van der Waals surface area contributed by atoms with Crippen LogP contribution in [0.1, 0.15) is 14.7 Å².